The largest absolute Gasteiger partial charge is 0.320 e. The van der Waals surface area contributed by atoms with E-state index < -0.39 is 6.04 Å². The van der Waals surface area contributed by atoms with Gasteiger partial charge in [-0.15, -0.1) is 11.3 Å². The van der Waals surface area contributed by atoms with Gasteiger partial charge in [-0.25, -0.2) is 4.98 Å². The van der Waals surface area contributed by atoms with Gasteiger partial charge < -0.3 is 11.1 Å². The Morgan fingerprint density at radius 2 is 2.10 bits per heavy atom. The molecule has 112 valence electrons. The zero-order valence-corrected chi connectivity index (χ0v) is 13.4. The van der Waals surface area contributed by atoms with Crippen LogP contribution in [0.3, 0.4) is 0 Å². The highest BCUT2D eigenvalue weighted by Crippen LogP contribution is 2.27. The molecule has 1 aromatic carbocycles. The Morgan fingerprint density at radius 1 is 1.38 bits per heavy atom. The summed E-state index contributed by atoms with van der Waals surface area (Å²) in [6, 6.07) is 7.57. The highest BCUT2D eigenvalue weighted by atomic mass is 32.1. The fourth-order valence-corrected chi connectivity index (χ4v) is 2.84. The van der Waals surface area contributed by atoms with E-state index in [0.717, 1.165) is 16.8 Å². The maximum absolute atomic E-state index is 12.0. The van der Waals surface area contributed by atoms with Crippen molar-refractivity contribution in [3.63, 3.8) is 0 Å². The number of nitrogens with zero attached hydrogens (tertiary/aromatic N) is 1. The molecule has 2 aromatic rings. The fraction of sp³-hybridized carbons (Fsp3) is 0.375. The monoisotopic (exact) mass is 303 g/mol. The molecule has 21 heavy (non-hydrogen) atoms. The van der Waals surface area contributed by atoms with Crippen LogP contribution in [0.2, 0.25) is 0 Å². The molecule has 1 amide bonds. The average Bonchev–Trinajstić information content (AvgIpc) is 2.86. The van der Waals surface area contributed by atoms with E-state index in [4.69, 9.17) is 5.73 Å². The van der Waals surface area contributed by atoms with Gasteiger partial charge in [0, 0.05) is 10.9 Å². The summed E-state index contributed by atoms with van der Waals surface area (Å²) in [6.07, 6.45) is 0.669. The van der Waals surface area contributed by atoms with Gasteiger partial charge in [0.25, 0.3) is 0 Å². The van der Waals surface area contributed by atoms with E-state index in [0.29, 0.717) is 17.5 Å². The van der Waals surface area contributed by atoms with Gasteiger partial charge in [-0.1, -0.05) is 38.1 Å². The lowest BCUT2D eigenvalue weighted by Crippen LogP contribution is -2.36. The molecule has 0 unspecified atom stereocenters. The summed E-state index contributed by atoms with van der Waals surface area (Å²) in [5.74, 6) is 0.221. The minimum absolute atomic E-state index is 0.172. The molecule has 1 aromatic heterocycles. The summed E-state index contributed by atoms with van der Waals surface area (Å²) >= 11 is 1.42. The van der Waals surface area contributed by atoms with Gasteiger partial charge in [-0.3, -0.25) is 4.79 Å². The predicted molar refractivity (Wildman–Crippen MR) is 88.3 cm³/mol. The highest BCUT2D eigenvalue weighted by molar-refractivity contribution is 7.14. The summed E-state index contributed by atoms with van der Waals surface area (Å²) in [7, 11) is 0. The van der Waals surface area contributed by atoms with Gasteiger partial charge in [0.1, 0.15) is 0 Å². The molecule has 0 radical (unpaired) electrons. The van der Waals surface area contributed by atoms with Gasteiger partial charge in [-0.2, -0.15) is 0 Å². The molecular formula is C16H21N3OS. The average molecular weight is 303 g/mol. The van der Waals surface area contributed by atoms with Crippen LogP contribution in [-0.2, 0) is 4.79 Å². The van der Waals surface area contributed by atoms with Gasteiger partial charge in [0.05, 0.1) is 11.7 Å². The van der Waals surface area contributed by atoms with Gasteiger partial charge >= 0.3 is 0 Å². The topological polar surface area (TPSA) is 68.0 Å². The molecule has 0 aliphatic carbocycles. The number of nitrogens with one attached hydrogen (secondary N) is 1. The van der Waals surface area contributed by atoms with Crippen LogP contribution < -0.4 is 11.1 Å². The number of hydrogen-bond acceptors (Lipinski definition) is 4. The van der Waals surface area contributed by atoms with Crippen molar-refractivity contribution in [1.82, 2.24) is 4.98 Å². The van der Waals surface area contributed by atoms with E-state index in [1.165, 1.54) is 11.3 Å². The fourth-order valence-electron chi connectivity index (χ4n) is 2.13. The first-order valence-electron chi connectivity index (χ1n) is 7.05. The van der Waals surface area contributed by atoms with E-state index in [1.807, 2.05) is 50.4 Å². The Hall–Kier alpha value is -1.72. The number of thiazole rings is 1. The van der Waals surface area contributed by atoms with Crippen molar-refractivity contribution in [2.24, 2.45) is 11.7 Å². The number of benzene rings is 1. The zero-order valence-electron chi connectivity index (χ0n) is 12.6. The van der Waals surface area contributed by atoms with Crippen LogP contribution in [0.1, 0.15) is 25.8 Å². The maximum Gasteiger partial charge on any atom is 0.243 e. The molecule has 0 bridgehead atoms. The van der Waals surface area contributed by atoms with Crippen LogP contribution >= 0.6 is 11.3 Å². The second-order valence-corrected chi connectivity index (χ2v) is 6.44. The van der Waals surface area contributed by atoms with Crippen molar-refractivity contribution in [2.45, 2.75) is 33.2 Å². The molecule has 2 rings (SSSR count). The molecule has 0 saturated heterocycles. The molecule has 4 nitrogen and oxygen atoms in total. The van der Waals surface area contributed by atoms with Crippen molar-refractivity contribution in [1.29, 1.82) is 0 Å². The first kappa shape index (κ1) is 15.7. The summed E-state index contributed by atoms with van der Waals surface area (Å²) < 4.78 is 0. The SMILES string of the molecule is Cc1ccccc1-c1csc(NC(=O)[C@@H](N)CC(C)C)n1. The molecule has 0 aliphatic heterocycles. The molecule has 1 atom stereocenters. The number of nitrogens with two attached hydrogens (primary N) is 1. The van der Waals surface area contributed by atoms with E-state index >= 15 is 0 Å². The predicted octanol–water partition coefficient (Wildman–Crippen LogP) is 3.43. The molecule has 0 fully saturated rings. The van der Waals surface area contributed by atoms with Crippen LogP contribution in [-0.4, -0.2) is 16.9 Å². The van der Waals surface area contributed by atoms with Crippen molar-refractivity contribution in [2.75, 3.05) is 5.32 Å². The lowest BCUT2D eigenvalue weighted by atomic mass is 10.0. The van der Waals surface area contributed by atoms with E-state index in [1.54, 1.807) is 0 Å². The summed E-state index contributed by atoms with van der Waals surface area (Å²) in [4.78, 5) is 16.5. The first-order chi connectivity index (χ1) is 9.97. The Morgan fingerprint density at radius 3 is 2.76 bits per heavy atom. The van der Waals surface area contributed by atoms with E-state index in [-0.39, 0.29) is 5.91 Å². The Kier molecular flexibility index (Phi) is 5.09. The summed E-state index contributed by atoms with van der Waals surface area (Å²) in [6.45, 7) is 6.14. The maximum atomic E-state index is 12.0. The summed E-state index contributed by atoms with van der Waals surface area (Å²) in [5.41, 5.74) is 9.00. The molecule has 0 saturated carbocycles. The smallest absolute Gasteiger partial charge is 0.243 e. The molecule has 0 spiro atoms. The number of hydrogen-bond donors (Lipinski definition) is 2. The molecule has 0 aliphatic rings. The number of anilines is 1. The summed E-state index contributed by atoms with van der Waals surface area (Å²) in [5, 5.41) is 5.35. The van der Waals surface area contributed by atoms with E-state index in [2.05, 4.69) is 10.3 Å². The number of carbonyl (C=O) groups is 1. The zero-order chi connectivity index (χ0) is 15.4. The van der Waals surface area contributed by atoms with Gasteiger partial charge in [0.15, 0.2) is 5.13 Å². The van der Waals surface area contributed by atoms with Crippen molar-refractivity contribution < 1.29 is 4.79 Å². The number of aromatic nitrogens is 1. The number of carbonyl (C=O) groups excluding carboxylic acids is 1. The van der Waals surface area contributed by atoms with Crippen LogP contribution in [0.15, 0.2) is 29.6 Å². The highest BCUT2D eigenvalue weighted by Gasteiger charge is 2.16. The van der Waals surface area contributed by atoms with Crippen molar-refractivity contribution in [3.05, 3.63) is 35.2 Å². The number of amides is 1. The van der Waals surface area contributed by atoms with Crippen molar-refractivity contribution in [3.8, 4) is 11.3 Å². The van der Waals surface area contributed by atoms with Crippen molar-refractivity contribution >= 4 is 22.4 Å². The lowest BCUT2D eigenvalue weighted by Gasteiger charge is -2.12. The van der Waals surface area contributed by atoms with Gasteiger partial charge in [-0.05, 0) is 24.8 Å². The molecule has 5 heteroatoms. The third-order valence-corrected chi connectivity index (χ3v) is 3.98. The third-order valence-electron chi connectivity index (χ3n) is 3.22. The Bertz CT molecular complexity index is 621. The molecular weight excluding hydrogens is 282 g/mol. The second-order valence-electron chi connectivity index (χ2n) is 5.58. The molecule has 3 N–H and O–H groups in total. The standard InChI is InChI=1S/C16H21N3OS/c1-10(2)8-13(17)15(20)19-16-18-14(9-21-16)12-7-5-4-6-11(12)3/h4-7,9-10,13H,8,17H2,1-3H3,(H,18,19,20)/t13-/m0/s1. The Labute approximate surface area is 129 Å². The minimum atomic E-state index is -0.490. The quantitative estimate of drug-likeness (QED) is 0.889. The number of aryl methyl sites for hydroxylation is 1. The van der Waals surface area contributed by atoms with Gasteiger partial charge in [0.2, 0.25) is 5.91 Å². The minimum Gasteiger partial charge on any atom is -0.320 e. The van der Waals surface area contributed by atoms with Crippen LogP contribution in [0, 0.1) is 12.8 Å². The number of rotatable bonds is 5. The van der Waals surface area contributed by atoms with Crippen LogP contribution in [0.5, 0.6) is 0 Å². The van der Waals surface area contributed by atoms with Crippen LogP contribution in [0.25, 0.3) is 11.3 Å². The Balaban J connectivity index is 2.07. The van der Waals surface area contributed by atoms with Crippen LogP contribution in [0.4, 0.5) is 5.13 Å². The lowest BCUT2D eigenvalue weighted by molar-refractivity contribution is -0.117. The third kappa shape index (κ3) is 4.12. The normalized spacial score (nSPS) is 12.4. The molecule has 1 heterocycles. The second kappa shape index (κ2) is 6.83. The first-order valence-corrected chi connectivity index (χ1v) is 7.93. The van der Waals surface area contributed by atoms with E-state index in [9.17, 15) is 4.79 Å².